The Kier molecular flexibility index (Phi) is 8.09. The molecule has 11 heteroatoms. The maximum absolute atomic E-state index is 13.1. The molecule has 0 fully saturated rings. The number of aryl methyl sites for hydroxylation is 1. The van der Waals surface area contributed by atoms with E-state index in [0.717, 1.165) is 12.0 Å². The molecule has 0 aliphatic rings. The smallest absolute Gasteiger partial charge is 0.280 e. The van der Waals surface area contributed by atoms with Gasteiger partial charge in [-0.3, -0.25) is 19.2 Å². The number of hydrogen-bond acceptors (Lipinski definition) is 8. The summed E-state index contributed by atoms with van der Waals surface area (Å²) < 4.78 is 1.67. The van der Waals surface area contributed by atoms with Crippen LogP contribution in [0.3, 0.4) is 0 Å². The van der Waals surface area contributed by atoms with Gasteiger partial charge in [-0.25, -0.2) is 10.5 Å². The molecule has 11 nitrogen and oxygen atoms in total. The number of anilines is 3. The topological polar surface area (TPSA) is 130 Å². The summed E-state index contributed by atoms with van der Waals surface area (Å²) in [6.45, 7) is 2.32. The first-order valence-electron chi connectivity index (χ1n) is 12.0. The van der Waals surface area contributed by atoms with Crippen molar-refractivity contribution in [3.8, 4) is 5.69 Å². The molecule has 0 saturated heterocycles. The molecule has 0 bridgehead atoms. The van der Waals surface area contributed by atoms with Crippen molar-refractivity contribution in [1.29, 1.82) is 0 Å². The average Bonchev–Trinajstić information content (AvgIpc) is 2.89. The van der Waals surface area contributed by atoms with Crippen molar-refractivity contribution in [2.75, 3.05) is 38.4 Å². The van der Waals surface area contributed by atoms with Crippen molar-refractivity contribution < 1.29 is 14.4 Å². The SMILES string of the molecule is CCc1ccc(-n2cc(C(=O)NOC)c(=O)c3cnc(Nc4cccc(NC(=O)CN(C)C)c4)nc32)cc1. The number of likely N-dealkylation sites (N-methyl/N-ethyl adjacent to an activating group) is 1. The van der Waals surface area contributed by atoms with Crippen LogP contribution in [0.1, 0.15) is 22.8 Å². The first-order valence-corrected chi connectivity index (χ1v) is 12.0. The van der Waals surface area contributed by atoms with Crippen LogP contribution in [0.2, 0.25) is 0 Å². The van der Waals surface area contributed by atoms with Gasteiger partial charge in [0.1, 0.15) is 5.56 Å². The number of hydrogen-bond donors (Lipinski definition) is 3. The summed E-state index contributed by atoms with van der Waals surface area (Å²) in [6.07, 6.45) is 3.70. The molecule has 4 aromatic rings. The summed E-state index contributed by atoms with van der Waals surface area (Å²) in [5.41, 5.74) is 5.01. The minimum absolute atomic E-state index is 0.107. The van der Waals surface area contributed by atoms with Crippen LogP contribution >= 0.6 is 0 Å². The molecule has 2 heterocycles. The first kappa shape index (κ1) is 26.5. The van der Waals surface area contributed by atoms with Gasteiger partial charge in [0, 0.05) is 29.5 Å². The second-order valence-electron chi connectivity index (χ2n) is 8.82. The molecule has 2 aromatic carbocycles. The van der Waals surface area contributed by atoms with Gasteiger partial charge >= 0.3 is 0 Å². The zero-order chi connectivity index (χ0) is 27.2. The molecule has 2 aromatic heterocycles. The van der Waals surface area contributed by atoms with E-state index in [9.17, 15) is 14.4 Å². The number of aromatic nitrogens is 3. The molecule has 0 atom stereocenters. The number of carbonyl (C=O) groups is 2. The normalized spacial score (nSPS) is 11.0. The number of benzene rings is 2. The summed E-state index contributed by atoms with van der Waals surface area (Å²) in [5.74, 6) is -0.573. The lowest BCUT2D eigenvalue weighted by Crippen LogP contribution is -2.29. The standard InChI is InChI=1S/C27H29N7O4/c1-5-17-9-11-20(12-10-17)34-15-22(26(37)32-38-4)24(36)21-14-28-27(31-25(21)34)30-19-8-6-7-18(13-19)29-23(35)16-33(2)3/h6-15H,5,16H2,1-4H3,(H,29,35)(H,32,37)(H,28,30,31). The third-order valence-electron chi connectivity index (χ3n) is 5.67. The third kappa shape index (κ3) is 6.02. The predicted octanol–water partition coefficient (Wildman–Crippen LogP) is 2.88. The average molecular weight is 516 g/mol. The van der Waals surface area contributed by atoms with Crippen LogP contribution in [0.4, 0.5) is 17.3 Å². The largest absolute Gasteiger partial charge is 0.325 e. The predicted molar refractivity (Wildman–Crippen MR) is 146 cm³/mol. The van der Waals surface area contributed by atoms with Crippen molar-refractivity contribution in [2.45, 2.75) is 13.3 Å². The summed E-state index contributed by atoms with van der Waals surface area (Å²) in [4.78, 5) is 53.2. The van der Waals surface area contributed by atoms with Gasteiger partial charge in [-0.15, -0.1) is 0 Å². The van der Waals surface area contributed by atoms with E-state index in [4.69, 9.17) is 4.84 Å². The van der Waals surface area contributed by atoms with Crippen LogP contribution in [0.5, 0.6) is 0 Å². The van der Waals surface area contributed by atoms with Crippen LogP contribution < -0.4 is 21.5 Å². The van der Waals surface area contributed by atoms with Gasteiger partial charge in [0.25, 0.3) is 5.91 Å². The molecule has 0 aliphatic heterocycles. The second kappa shape index (κ2) is 11.6. The Morgan fingerprint density at radius 3 is 2.50 bits per heavy atom. The van der Waals surface area contributed by atoms with E-state index in [2.05, 4.69) is 33.0 Å². The molecule has 0 radical (unpaired) electrons. The first-order chi connectivity index (χ1) is 18.3. The Labute approximate surface area is 219 Å². The second-order valence-corrected chi connectivity index (χ2v) is 8.82. The Bertz CT molecular complexity index is 1530. The Balaban J connectivity index is 1.75. The molecule has 3 N–H and O–H groups in total. The highest BCUT2D eigenvalue weighted by Gasteiger charge is 2.18. The summed E-state index contributed by atoms with van der Waals surface area (Å²) >= 11 is 0. The minimum atomic E-state index is -0.673. The van der Waals surface area contributed by atoms with E-state index in [1.165, 1.54) is 19.5 Å². The molecular weight excluding hydrogens is 486 g/mol. The summed E-state index contributed by atoms with van der Waals surface area (Å²) in [7, 11) is 4.93. The van der Waals surface area contributed by atoms with Crippen molar-refractivity contribution in [1.82, 2.24) is 24.9 Å². The Morgan fingerprint density at radius 2 is 1.82 bits per heavy atom. The number of fused-ring (bicyclic) bond motifs is 1. The van der Waals surface area contributed by atoms with Crippen molar-refractivity contribution in [3.05, 3.63) is 82.3 Å². The highest BCUT2D eigenvalue weighted by Crippen LogP contribution is 2.21. The highest BCUT2D eigenvalue weighted by molar-refractivity contribution is 5.96. The lowest BCUT2D eigenvalue weighted by molar-refractivity contribution is -0.116. The number of hydroxylamine groups is 1. The molecule has 38 heavy (non-hydrogen) atoms. The van der Waals surface area contributed by atoms with Crippen molar-refractivity contribution in [2.24, 2.45) is 0 Å². The van der Waals surface area contributed by atoms with E-state index < -0.39 is 11.3 Å². The highest BCUT2D eigenvalue weighted by atomic mass is 16.6. The fraction of sp³-hybridized carbons (Fsp3) is 0.222. The van der Waals surface area contributed by atoms with Crippen LogP contribution in [-0.4, -0.2) is 59.0 Å². The monoisotopic (exact) mass is 515 g/mol. The van der Waals surface area contributed by atoms with Crippen LogP contribution in [0.15, 0.2) is 65.7 Å². The summed E-state index contributed by atoms with van der Waals surface area (Å²) in [6, 6.07) is 14.9. The molecule has 0 saturated carbocycles. The number of nitrogens with zero attached hydrogens (tertiary/aromatic N) is 4. The van der Waals surface area contributed by atoms with Crippen molar-refractivity contribution >= 4 is 40.2 Å². The molecule has 196 valence electrons. The van der Waals surface area contributed by atoms with E-state index >= 15 is 0 Å². The van der Waals surface area contributed by atoms with Gasteiger partial charge in [-0.2, -0.15) is 4.98 Å². The Morgan fingerprint density at radius 1 is 1.08 bits per heavy atom. The third-order valence-corrected chi connectivity index (χ3v) is 5.67. The number of carbonyl (C=O) groups excluding carboxylic acids is 2. The number of pyridine rings is 1. The lowest BCUT2D eigenvalue weighted by Gasteiger charge is -2.14. The van der Waals surface area contributed by atoms with Crippen LogP contribution in [0.25, 0.3) is 16.7 Å². The van der Waals surface area contributed by atoms with Crippen LogP contribution in [0, 0.1) is 0 Å². The van der Waals surface area contributed by atoms with Gasteiger partial charge < -0.3 is 20.1 Å². The molecule has 0 unspecified atom stereocenters. The van der Waals surface area contributed by atoms with Gasteiger partial charge in [-0.1, -0.05) is 25.1 Å². The quantitative estimate of drug-likeness (QED) is 0.290. The Hall–Kier alpha value is -4.61. The minimum Gasteiger partial charge on any atom is -0.325 e. The van der Waals surface area contributed by atoms with Gasteiger partial charge in [0.2, 0.25) is 17.3 Å². The van der Waals surface area contributed by atoms with E-state index in [0.29, 0.717) is 22.7 Å². The fourth-order valence-electron chi connectivity index (χ4n) is 3.86. The molecule has 4 rings (SSSR count). The lowest BCUT2D eigenvalue weighted by atomic mass is 10.1. The van der Waals surface area contributed by atoms with Gasteiger partial charge in [-0.05, 0) is 56.4 Å². The zero-order valence-electron chi connectivity index (χ0n) is 21.6. The molecule has 0 aliphatic carbocycles. The fourth-order valence-corrected chi connectivity index (χ4v) is 3.86. The van der Waals surface area contributed by atoms with E-state index in [-0.39, 0.29) is 29.3 Å². The van der Waals surface area contributed by atoms with Gasteiger partial charge in [0.15, 0.2) is 5.65 Å². The van der Waals surface area contributed by atoms with Gasteiger partial charge in [0.05, 0.1) is 19.0 Å². The maximum Gasteiger partial charge on any atom is 0.280 e. The van der Waals surface area contributed by atoms with Crippen LogP contribution in [-0.2, 0) is 16.1 Å². The molecule has 0 spiro atoms. The molecule has 2 amide bonds. The zero-order valence-corrected chi connectivity index (χ0v) is 21.6. The molecular formula is C27H29N7O4. The maximum atomic E-state index is 13.1. The van der Waals surface area contributed by atoms with Crippen molar-refractivity contribution in [3.63, 3.8) is 0 Å². The van der Waals surface area contributed by atoms with E-state index in [1.807, 2.05) is 44.4 Å². The number of rotatable bonds is 9. The number of amides is 2. The van der Waals surface area contributed by atoms with E-state index in [1.54, 1.807) is 27.7 Å². The summed E-state index contributed by atoms with van der Waals surface area (Å²) in [5, 5.41) is 6.14. The number of nitrogens with one attached hydrogen (secondary N) is 3.